The number of rotatable bonds is 10. The summed E-state index contributed by atoms with van der Waals surface area (Å²) in [7, 11) is 3.18. The van der Waals surface area contributed by atoms with Crippen molar-refractivity contribution in [3.05, 3.63) is 38.8 Å². The van der Waals surface area contributed by atoms with Crippen molar-refractivity contribution in [2.45, 2.75) is 70.7 Å². The zero-order valence-electron chi connectivity index (χ0n) is 18.5. The van der Waals surface area contributed by atoms with E-state index in [9.17, 15) is 9.90 Å². The Hall–Kier alpha value is -2.16. The number of methoxy groups -OCH3 is 2. The fourth-order valence-corrected chi connectivity index (χ4v) is 5.04. The number of thiazole rings is 1. The molecular formula is C23H31NO6S. The second kappa shape index (κ2) is 10.4. The molecule has 8 heteroatoms. The van der Waals surface area contributed by atoms with Gasteiger partial charge in [-0.1, -0.05) is 12.8 Å². The molecular weight excluding hydrogens is 418 g/mol. The Morgan fingerprint density at radius 2 is 1.81 bits per heavy atom. The molecule has 0 amide bonds. The maximum absolute atomic E-state index is 11.3. The fourth-order valence-electron chi connectivity index (χ4n) is 4.05. The van der Waals surface area contributed by atoms with Crippen LogP contribution in [0, 0.1) is 13.8 Å². The molecule has 2 unspecified atom stereocenters. The number of aliphatic hydroxyl groups is 1. The number of carboxylic acids is 1. The number of carboxylic acid groups (broad SMARTS) is 1. The van der Waals surface area contributed by atoms with Crippen LogP contribution in [0.25, 0.3) is 0 Å². The smallest absolute Gasteiger partial charge is 0.309 e. The molecule has 1 aromatic heterocycles. The number of hydrogen-bond acceptors (Lipinski definition) is 7. The molecule has 7 nitrogen and oxygen atoms in total. The standard InChI is InChI=1S/C23H31NO6S/c1-13-18(28-3)9-15(10-19(13)29-4)23(27)20(30-16-7-5-6-8-16)12-21-24-17(11-22(25)26)14(2)31-21/h9-10,16,20,23,27H,5-8,11-12H2,1-4H3,(H,25,26). The topological polar surface area (TPSA) is 98.1 Å². The first-order chi connectivity index (χ1) is 14.8. The van der Waals surface area contributed by atoms with Gasteiger partial charge < -0.3 is 24.4 Å². The number of nitrogens with zero attached hydrogens (tertiary/aromatic N) is 1. The van der Waals surface area contributed by atoms with Gasteiger partial charge in [0.1, 0.15) is 17.6 Å². The number of aliphatic carboxylic acids is 1. The van der Waals surface area contributed by atoms with Crippen molar-refractivity contribution in [2.24, 2.45) is 0 Å². The first-order valence-electron chi connectivity index (χ1n) is 10.5. The van der Waals surface area contributed by atoms with Crippen LogP contribution in [0.2, 0.25) is 0 Å². The molecule has 0 aliphatic heterocycles. The third-order valence-electron chi connectivity index (χ3n) is 5.77. The van der Waals surface area contributed by atoms with Gasteiger partial charge in [-0.3, -0.25) is 4.79 Å². The quantitative estimate of drug-likeness (QED) is 0.565. The number of aromatic nitrogens is 1. The van der Waals surface area contributed by atoms with E-state index in [4.69, 9.17) is 19.3 Å². The van der Waals surface area contributed by atoms with Crippen LogP contribution in [0.1, 0.15) is 58.5 Å². The van der Waals surface area contributed by atoms with E-state index in [0.29, 0.717) is 29.2 Å². The summed E-state index contributed by atoms with van der Waals surface area (Å²) in [5.41, 5.74) is 2.09. The Kier molecular flexibility index (Phi) is 7.91. The first kappa shape index (κ1) is 23.5. The number of aryl methyl sites for hydroxylation is 1. The normalized spacial score (nSPS) is 16.3. The minimum atomic E-state index is -0.906. The summed E-state index contributed by atoms with van der Waals surface area (Å²) in [5, 5.41) is 21.2. The fraction of sp³-hybridized carbons (Fsp3) is 0.565. The van der Waals surface area contributed by atoms with Gasteiger partial charge in [0, 0.05) is 16.9 Å². The summed E-state index contributed by atoms with van der Waals surface area (Å²) in [4.78, 5) is 16.5. The van der Waals surface area contributed by atoms with E-state index in [1.165, 1.54) is 11.3 Å². The molecule has 2 aromatic rings. The van der Waals surface area contributed by atoms with E-state index < -0.39 is 18.2 Å². The monoisotopic (exact) mass is 449 g/mol. The van der Waals surface area contributed by atoms with Crippen LogP contribution < -0.4 is 9.47 Å². The molecule has 170 valence electrons. The molecule has 0 bridgehead atoms. The maximum Gasteiger partial charge on any atom is 0.309 e. The van der Waals surface area contributed by atoms with Crippen molar-refractivity contribution >= 4 is 17.3 Å². The van der Waals surface area contributed by atoms with Gasteiger partial charge in [0.2, 0.25) is 0 Å². The second-order valence-electron chi connectivity index (χ2n) is 7.96. The average Bonchev–Trinajstić information content (AvgIpc) is 3.36. The van der Waals surface area contributed by atoms with Crippen molar-refractivity contribution in [3.8, 4) is 11.5 Å². The summed E-state index contributed by atoms with van der Waals surface area (Å²) in [5.74, 6) is 0.376. The third kappa shape index (κ3) is 5.75. The highest BCUT2D eigenvalue weighted by atomic mass is 32.1. The third-order valence-corrected chi connectivity index (χ3v) is 6.80. The van der Waals surface area contributed by atoms with E-state index >= 15 is 0 Å². The molecule has 3 rings (SSSR count). The maximum atomic E-state index is 11.3. The van der Waals surface area contributed by atoms with Gasteiger partial charge in [0.15, 0.2) is 0 Å². The van der Waals surface area contributed by atoms with Crippen LogP contribution in [0.15, 0.2) is 12.1 Å². The molecule has 0 saturated heterocycles. The predicted octanol–water partition coefficient (Wildman–Crippen LogP) is 4.01. The molecule has 1 saturated carbocycles. The number of aliphatic hydroxyl groups excluding tert-OH is 1. The Morgan fingerprint density at radius 1 is 1.19 bits per heavy atom. The van der Waals surface area contributed by atoms with E-state index in [-0.39, 0.29) is 12.5 Å². The number of ether oxygens (including phenoxy) is 3. The molecule has 1 aliphatic carbocycles. The van der Waals surface area contributed by atoms with Crippen molar-refractivity contribution in [1.82, 2.24) is 4.98 Å². The highest BCUT2D eigenvalue weighted by molar-refractivity contribution is 7.11. The second-order valence-corrected chi connectivity index (χ2v) is 9.25. The lowest BCUT2D eigenvalue weighted by Gasteiger charge is -2.27. The summed E-state index contributed by atoms with van der Waals surface area (Å²) in [6.45, 7) is 3.78. The molecule has 2 atom stereocenters. The minimum absolute atomic E-state index is 0.105. The van der Waals surface area contributed by atoms with Gasteiger partial charge in [0.05, 0.1) is 43.5 Å². The van der Waals surface area contributed by atoms with Crippen LogP contribution in [-0.4, -0.2) is 47.6 Å². The van der Waals surface area contributed by atoms with Crippen LogP contribution in [0.3, 0.4) is 0 Å². The van der Waals surface area contributed by atoms with Crippen LogP contribution in [-0.2, 0) is 22.4 Å². The summed E-state index contributed by atoms with van der Waals surface area (Å²) in [6.07, 6.45) is 3.19. The molecule has 31 heavy (non-hydrogen) atoms. The van der Waals surface area contributed by atoms with Gasteiger partial charge in [-0.15, -0.1) is 11.3 Å². The lowest BCUT2D eigenvalue weighted by molar-refractivity contribution is -0.136. The van der Waals surface area contributed by atoms with E-state index in [2.05, 4.69) is 4.98 Å². The van der Waals surface area contributed by atoms with Crippen LogP contribution in [0.5, 0.6) is 11.5 Å². The van der Waals surface area contributed by atoms with Crippen LogP contribution >= 0.6 is 11.3 Å². The summed E-state index contributed by atoms with van der Waals surface area (Å²) >= 11 is 1.46. The molecule has 1 fully saturated rings. The SMILES string of the molecule is COc1cc(C(O)C(Cc2nc(CC(=O)O)c(C)s2)OC2CCCC2)cc(OC)c1C. The number of carbonyl (C=O) groups is 1. The molecule has 0 radical (unpaired) electrons. The molecule has 1 aliphatic rings. The predicted molar refractivity (Wildman–Crippen MR) is 118 cm³/mol. The van der Waals surface area contributed by atoms with Crippen molar-refractivity contribution in [3.63, 3.8) is 0 Å². The minimum Gasteiger partial charge on any atom is -0.496 e. The zero-order valence-corrected chi connectivity index (χ0v) is 19.3. The highest BCUT2D eigenvalue weighted by Crippen LogP contribution is 2.36. The molecule has 1 aromatic carbocycles. The van der Waals surface area contributed by atoms with E-state index in [1.54, 1.807) is 14.2 Å². The molecule has 0 spiro atoms. The van der Waals surface area contributed by atoms with Gasteiger partial charge in [-0.25, -0.2) is 4.98 Å². The summed E-state index contributed by atoms with van der Waals surface area (Å²) in [6, 6.07) is 3.63. The van der Waals surface area contributed by atoms with Gasteiger partial charge >= 0.3 is 5.97 Å². The molecule has 2 N–H and O–H groups in total. The van der Waals surface area contributed by atoms with E-state index in [0.717, 1.165) is 41.1 Å². The Balaban J connectivity index is 1.89. The lowest BCUT2D eigenvalue weighted by atomic mass is 9.99. The van der Waals surface area contributed by atoms with Crippen LogP contribution in [0.4, 0.5) is 0 Å². The van der Waals surface area contributed by atoms with Gasteiger partial charge in [-0.2, -0.15) is 0 Å². The largest absolute Gasteiger partial charge is 0.496 e. The Labute approximate surface area is 187 Å². The lowest BCUT2D eigenvalue weighted by Crippen LogP contribution is -2.29. The van der Waals surface area contributed by atoms with Crippen molar-refractivity contribution in [2.75, 3.05) is 14.2 Å². The molecule has 1 heterocycles. The average molecular weight is 450 g/mol. The summed E-state index contributed by atoms with van der Waals surface area (Å²) < 4.78 is 17.3. The Bertz CT molecular complexity index is 880. The van der Waals surface area contributed by atoms with E-state index in [1.807, 2.05) is 26.0 Å². The van der Waals surface area contributed by atoms with Crippen molar-refractivity contribution in [1.29, 1.82) is 0 Å². The zero-order chi connectivity index (χ0) is 22.5. The highest BCUT2D eigenvalue weighted by Gasteiger charge is 2.30. The van der Waals surface area contributed by atoms with Gasteiger partial charge in [-0.05, 0) is 44.4 Å². The number of hydrogen-bond donors (Lipinski definition) is 2. The Morgan fingerprint density at radius 3 is 2.35 bits per heavy atom. The first-order valence-corrected chi connectivity index (χ1v) is 11.4. The number of benzene rings is 1. The van der Waals surface area contributed by atoms with Crippen molar-refractivity contribution < 1.29 is 29.2 Å². The van der Waals surface area contributed by atoms with Gasteiger partial charge in [0.25, 0.3) is 0 Å².